The topological polar surface area (TPSA) is 34.1 Å². The Bertz CT molecular complexity index is 25.0. The lowest BCUT2D eigenvalue weighted by Crippen LogP contribution is -0.835. The fraction of sp³-hybridized carbons (Fsp3) is 0. The van der Waals surface area contributed by atoms with E-state index in [4.69, 9.17) is 9.13 Å². The summed E-state index contributed by atoms with van der Waals surface area (Å²) in [6.45, 7) is 0. The van der Waals surface area contributed by atoms with Gasteiger partial charge in [0.25, 0.3) is 0 Å². The monoisotopic (exact) mass is 94.9 g/mol. The summed E-state index contributed by atoms with van der Waals surface area (Å²) >= 11 is 0. The first-order valence-corrected chi connectivity index (χ1v) is 3.17. The lowest BCUT2D eigenvalue weighted by Gasteiger charge is -1.09. The molecule has 0 saturated heterocycles. The Morgan fingerprint density at radius 1 is 1.75 bits per heavy atom. The van der Waals surface area contributed by atoms with Crippen LogP contribution >= 0.6 is 16.3 Å². The maximum atomic E-state index is 9.00. The van der Waals surface area contributed by atoms with Gasteiger partial charge in [0.05, 0.1) is 0 Å². The molecule has 22 valence electrons. The molecule has 4 heteroatoms. The first-order valence-electron chi connectivity index (χ1n) is 0.610. The van der Waals surface area contributed by atoms with Gasteiger partial charge in [-0.15, -0.1) is 0 Å². The van der Waals surface area contributed by atoms with E-state index in [1.54, 1.807) is 0 Å². The van der Waals surface area contributed by atoms with E-state index in [-0.39, 0.29) is 8.15 Å². The molecule has 0 fully saturated rings. The summed E-state index contributed by atoms with van der Waals surface area (Å²) in [6, 6.07) is 0. The van der Waals surface area contributed by atoms with Crippen LogP contribution in [-0.4, -0.2) is 0 Å². The summed E-state index contributed by atoms with van der Waals surface area (Å²) in [5, 5.41) is 0. The third-order valence-electron chi connectivity index (χ3n) is 0.0373. The SMILES string of the molecule is O=P[PH+]=O. The molecule has 0 heterocycles. The van der Waals surface area contributed by atoms with E-state index in [9.17, 15) is 0 Å². The van der Waals surface area contributed by atoms with Gasteiger partial charge in [-0.2, -0.15) is 0 Å². The molecule has 0 aromatic carbocycles. The van der Waals surface area contributed by atoms with Crippen molar-refractivity contribution in [2.24, 2.45) is 0 Å². The van der Waals surface area contributed by atoms with Crippen molar-refractivity contribution in [1.82, 2.24) is 0 Å². The zero-order chi connectivity index (χ0) is 3.41. The maximum absolute atomic E-state index is 9.00. The van der Waals surface area contributed by atoms with Crippen LogP contribution in [0.15, 0.2) is 0 Å². The van der Waals surface area contributed by atoms with Crippen molar-refractivity contribution in [1.29, 1.82) is 0 Å². The summed E-state index contributed by atoms with van der Waals surface area (Å²) < 4.78 is 18.0. The van der Waals surface area contributed by atoms with E-state index in [1.807, 2.05) is 0 Å². The van der Waals surface area contributed by atoms with Crippen LogP contribution in [0.5, 0.6) is 0 Å². The molecular formula is HO2P2+. The number of hydrogen-bond acceptors (Lipinski definition) is 2. The summed E-state index contributed by atoms with van der Waals surface area (Å²) in [4.78, 5) is 0. The van der Waals surface area contributed by atoms with Crippen molar-refractivity contribution >= 4 is 16.3 Å². The van der Waals surface area contributed by atoms with Crippen molar-refractivity contribution in [3.63, 3.8) is 0 Å². The summed E-state index contributed by atoms with van der Waals surface area (Å²) in [7, 11) is -0.972. The van der Waals surface area contributed by atoms with Crippen LogP contribution in [0.1, 0.15) is 0 Å². The minimum Gasteiger partial charge on any atom is -0.214 e. The number of hydrogen-bond donors (Lipinski definition) is 0. The Hall–Kier alpha value is 0.200. The van der Waals surface area contributed by atoms with E-state index in [0.29, 0.717) is 0 Å². The molecule has 0 saturated carbocycles. The Balaban J connectivity index is 2.73. The molecule has 4 heavy (non-hydrogen) atoms. The van der Waals surface area contributed by atoms with Crippen LogP contribution in [0.3, 0.4) is 0 Å². The van der Waals surface area contributed by atoms with Gasteiger partial charge in [-0.05, 0) is 0 Å². The predicted molar refractivity (Wildman–Crippen MR) is 16.6 cm³/mol. The van der Waals surface area contributed by atoms with Gasteiger partial charge in [0, 0.05) is 0 Å². The lowest BCUT2D eigenvalue weighted by molar-refractivity contribution is 0.592. The van der Waals surface area contributed by atoms with Gasteiger partial charge >= 0.3 is 16.3 Å². The molecule has 0 bridgehead atoms. The van der Waals surface area contributed by atoms with Crippen LogP contribution in [0, 0.1) is 0 Å². The quantitative estimate of drug-likeness (QED) is 0.458. The molecule has 0 radical (unpaired) electrons. The van der Waals surface area contributed by atoms with Crippen molar-refractivity contribution in [3.8, 4) is 0 Å². The highest BCUT2D eigenvalue weighted by Gasteiger charge is 1.71. The summed E-state index contributed by atoms with van der Waals surface area (Å²) in [5.74, 6) is 0. The highest BCUT2D eigenvalue weighted by Crippen LogP contribution is 2.09. The van der Waals surface area contributed by atoms with E-state index >= 15 is 0 Å². The second-order valence-electron chi connectivity index (χ2n) is 0.183. The first kappa shape index (κ1) is 4.20. The maximum Gasteiger partial charge on any atom is 0.454 e. The fourth-order valence-electron chi connectivity index (χ4n) is 0. The third-order valence-corrected chi connectivity index (χ3v) is 0.335. The van der Waals surface area contributed by atoms with Gasteiger partial charge in [0.2, 0.25) is 0 Å². The van der Waals surface area contributed by atoms with Crippen LogP contribution in [0.2, 0.25) is 0 Å². The standard InChI is InChI=1S/O2P2/c1-3-4-2/p+1. The van der Waals surface area contributed by atoms with E-state index in [2.05, 4.69) is 0 Å². The molecule has 2 nitrogen and oxygen atoms in total. The highest BCUT2D eigenvalue weighted by molar-refractivity contribution is 7.99. The Morgan fingerprint density at radius 3 is 2.00 bits per heavy atom. The second kappa shape index (κ2) is 3.20. The van der Waals surface area contributed by atoms with E-state index in [1.165, 1.54) is 0 Å². The first-order chi connectivity index (χ1) is 1.91. The Labute approximate surface area is 26.5 Å². The fourth-order valence-corrected chi connectivity index (χ4v) is 0. The van der Waals surface area contributed by atoms with Crippen molar-refractivity contribution in [2.75, 3.05) is 0 Å². The smallest absolute Gasteiger partial charge is 0.214 e. The Morgan fingerprint density at radius 2 is 2.00 bits per heavy atom. The van der Waals surface area contributed by atoms with Crippen molar-refractivity contribution in [3.05, 3.63) is 0 Å². The average molecular weight is 95.0 g/mol. The lowest BCUT2D eigenvalue weighted by atomic mass is 16.0. The number of rotatable bonds is 1. The molecule has 1 unspecified atom stereocenters. The molecule has 0 spiro atoms. The molecule has 1 atom stereocenters. The van der Waals surface area contributed by atoms with Gasteiger partial charge < -0.3 is 0 Å². The minimum atomic E-state index is -0.693. The van der Waals surface area contributed by atoms with E-state index < -0.39 is 8.15 Å². The Kier molecular flexibility index (Phi) is 3.36. The largest absolute Gasteiger partial charge is 0.454 e. The van der Waals surface area contributed by atoms with Crippen molar-refractivity contribution < 1.29 is 9.13 Å². The van der Waals surface area contributed by atoms with E-state index in [0.717, 1.165) is 0 Å². The van der Waals surface area contributed by atoms with Gasteiger partial charge in [0.1, 0.15) is 0 Å². The van der Waals surface area contributed by atoms with Gasteiger partial charge in [-0.3, -0.25) is 0 Å². The zero-order valence-corrected chi connectivity index (χ0v) is 3.66. The second-order valence-corrected chi connectivity index (χ2v) is 1.64. The van der Waals surface area contributed by atoms with Crippen LogP contribution in [0.25, 0.3) is 0 Å². The minimum absolute atomic E-state index is 0.279. The predicted octanol–water partition coefficient (Wildman–Crippen LogP) is 1.22. The summed E-state index contributed by atoms with van der Waals surface area (Å²) in [5.41, 5.74) is 0. The van der Waals surface area contributed by atoms with Crippen LogP contribution in [-0.2, 0) is 9.13 Å². The molecule has 0 rings (SSSR count). The van der Waals surface area contributed by atoms with Crippen molar-refractivity contribution in [2.45, 2.75) is 0 Å². The molecule has 0 amide bonds. The van der Waals surface area contributed by atoms with Gasteiger partial charge in [0.15, 0.2) is 0 Å². The highest BCUT2D eigenvalue weighted by atomic mass is 32.0. The normalized spacial score (nSPS) is 9.00. The molecule has 0 aliphatic rings. The molecule has 0 aliphatic carbocycles. The van der Waals surface area contributed by atoms with Gasteiger partial charge in [-0.25, -0.2) is 4.57 Å². The molecule has 0 aromatic heterocycles. The van der Waals surface area contributed by atoms with Gasteiger partial charge in [-0.1, -0.05) is 4.57 Å². The molecule has 0 aromatic rings. The van der Waals surface area contributed by atoms with Crippen LogP contribution < -0.4 is 0 Å². The molecule has 0 aliphatic heterocycles. The average Bonchev–Trinajstić information content (AvgIpc) is 1.37. The third kappa shape index (κ3) is 2.20. The molecule has 0 N–H and O–H groups in total. The summed E-state index contributed by atoms with van der Waals surface area (Å²) in [6.07, 6.45) is 0. The zero-order valence-electron chi connectivity index (χ0n) is 1.76. The molecular weight excluding hydrogens is 93.9 g/mol. The van der Waals surface area contributed by atoms with Crippen LogP contribution in [0.4, 0.5) is 0 Å².